The van der Waals surface area contributed by atoms with Crippen molar-refractivity contribution in [3.63, 3.8) is 0 Å². The summed E-state index contributed by atoms with van der Waals surface area (Å²) in [6.45, 7) is 6.04. The molecule has 3 nitrogen and oxygen atoms in total. The first-order valence-corrected chi connectivity index (χ1v) is 7.08. The fourth-order valence-corrected chi connectivity index (χ4v) is 2.13. The summed E-state index contributed by atoms with van der Waals surface area (Å²) in [5.41, 5.74) is 6.16. The zero-order chi connectivity index (χ0) is 15.2. The molecule has 0 unspecified atom stereocenters. The molecule has 0 spiro atoms. The fraction of sp³-hybridized carbons (Fsp3) is 0.222. The zero-order valence-corrected chi connectivity index (χ0v) is 12.6. The van der Waals surface area contributed by atoms with E-state index in [2.05, 4.69) is 24.4 Å². The van der Waals surface area contributed by atoms with Crippen LogP contribution in [0.3, 0.4) is 0 Å². The molecule has 0 aromatic heterocycles. The Morgan fingerprint density at radius 1 is 1.00 bits per heavy atom. The first-order valence-electron chi connectivity index (χ1n) is 7.08. The number of hydrogen-bond acceptors (Lipinski definition) is 2. The Morgan fingerprint density at radius 2 is 1.62 bits per heavy atom. The van der Waals surface area contributed by atoms with Crippen LogP contribution in [-0.2, 0) is 0 Å². The minimum absolute atomic E-state index is 0.179. The van der Waals surface area contributed by atoms with Crippen LogP contribution in [0.2, 0.25) is 0 Å². The quantitative estimate of drug-likeness (QED) is 0.672. The Labute approximate surface area is 125 Å². The zero-order valence-electron chi connectivity index (χ0n) is 12.6. The molecule has 2 rings (SSSR count). The van der Waals surface area contributed by atoms with Crippen LogP contribution in [0.5, 0.6) is 0 Å². The summed E-state index contributed by atoms with van der Waals surface area (Å²) < 4.78 is 0. The number of amides is 1. The van der Waals surface area contributed by atoms with E-state index in [4.69, 9.17) is 0 Å². The van der Waals surface area contributed by atoms with Crippen molar-refractivity contribution in [3.8, 4) is 0 Å². The number of hydrazone groups is 1. The number of hydrogen-bond donors (Lipinski definition) is 1. The van der Waals surface area contributed by atoms with Gasteiger partial charge in [-0.2, -0.15) is 5.10 Å². The van der Waals surface area contributed by atoms with Crippen LogP contribution in [-0.4, -0.2) is 11.6 Å². The normalized spacial score (nSPS) is 11.5. The van der Waals surface area contributed by atoms with Gasteiger partial charge in [-0.05, 0) is 30.0 Å². The predicted octanol–water partition coefficient (Wildman–Crippen LogP) is 3.79. The Hall–Kier alpha value is -2.42. The number of carbonyl (C=O) groups excluding carboxylic acids is 1. The summed E-state index contributed by atoms with van der Waals surface area (Å²) >= 11 is 0. The maximum atomic E-state index is 12.2. The molecule has 3 heteroatoms. The Morgan fingerprint density at radius 3 is 2.24 bits per heavy atom. The van der Waals surface area contributed by atoms with Crippen molar-refractivity contribution in [1.82, 2.24) is 5.43 Å². The molecular formula is C18H20N2O. The second kappa shape index (κ2) is 6.84. The van der Waals surface area contributed by atoms with E-state index in [0.29, 0.717) is 5.56 Å². The highest BCUT2D eigenvalue weighted by Crippen LogP contribution is 2.10. The molecule has 0 saturated carbocycles. The fourth-order valence-electron chi connectivity index (χ4n) is 2.13. The Kier molecular flexibility index (Phi) is 4.88. The van der Waals surface area contributed by atoms with Crippen LogP contribution in [0.4, 0.5) is 0 Å². The van der Waals surface area contributed by atoms with Gasteiger partial charge in [0.15, 0.2) is 0 Å². The molecule has 0 aliphatic heterocycles. The number of benzene rings is 2. The van der Waals surface area contributed by atoms with Crippen molar-refractivity contribution in [2.75, 3.05) is 0 Å². The lowest BCUT2D eigenvalue weighted by atomic mass is 10.0. The molecule has 0 fully saturated rings. The molecule has 2 aromatic carbocycles. The lowest BCUT2D eigenvalue weighted by Gasteiger charge is -2.11. The highest BCUT2D eigenvalue weighted by atomic mass is 16.2. The lowest BCUT2D eigenvalue weighted by Crippen LogP contribution is -2.22. The second-order valence-corrected chi connectivity index (χ2v) is 5.27. The van der Waals surface area contributed by atoms with E-state index in [0.717, 1.165) is 16.8 Å². The molecule has 0 heterocycles. The van der Waals surface area contributed by atoms with Crippen molar-refractivity contribution in [2.45, 2.75) is 20.8 Å². The highest BCUT2D eigenvalue weighted by molar-refractivity contribution is 6.03. The average molecular weight is 280 g/mol. The molecular weight excluding hydrogens is 260 g/mol. The smallest absolute Gasteiger partial charge is 0.267 e. The molecule has 1 amide bonds. The Balaban J connectivity index is 2.22. The van der Waals surface area contributed by atoms with Gasteiger partial charge in [-0.3, -0.25) is 4.79 Å². The van der Waals surface area contributed by atoms with Gasteiger partial charge in [0.25, 0.3) is 5.91 Å². The number of nitrogens with one attached hydrogen (secondary N) is 1. The predicted molar refractivity (Wildman–Crippen MR) is 86.5 cm³/mol. The number of aryl methyl sites for hydroxylation is 1. The van der Waals surface area contributed by atoms with Crippen LogP contribution in [0, 0.1) is 12.8 Å². The standard InChI is InChI=1S/C18H20N2O/c1-13(2)17(15-10-5-4-6-11-15)19-20-18(21)16-12-8-7-9-14(16)3/h4-13H,1-3H3,(H,20,21)/b19-17+. The molecule has 0 aliphatic rings. The maximum absolute atomic E-state index is 12.2. The minimum atomic E-state index is -0.179. The second-order valence-electron chi connectivity index (χ2n) is 5.27. The van der Waals surface area contributed by atoms with E-state index >= 15 is 0 Å². The van der Waals surface area contributed by atoms with Gasteiger partial charge in [0.1, 0.15) is 0 Å². The molecule has 21 heavy (non-hydrogen) atoms. The third kappa shape index (κ3) is 3.78. The summed E-state index contributed by atoms with van der Waals surface area (Å²) in [6, 6.07) is 17.4. The van der Waals surface area contributed by atoms with E-state index in [1.165, 1.54) is 0 Å². The highest BCUT2D eigenvalue weighted by Gasteiger charge is 2.11. The Bertz CT molecular complexity index is 645. The van der Waals surface area contributed by atoms with Gasteiger partial charge in [-0.15, -0.1) is 0 Å². The third-order valence-electron chi connectivity index (χ3n) is 3.28. The SMILES string of the molecule is Cc1ccccc1C(=O)N/N=C(/c1ccccc1)C(C)C. The monoisotopic (exact) mass is 280 g/mol. The summed E-state index contributed by atoms with van der Waals surface area (Å²) in [5, 5.41) is 4.33. The molecule has 0 bridgehead atoms. The first-order chi connectivity index (χ1) is 10.1. The van der Waals surface area contributed by atoms with Crippen molar-refractivity contribution < 1.29 is 4.79 Å². The largest absolute Gasteiger partial charge is 0.271 e. The van der Waals surface area contributed by atoms with Gasteiger partial charge in [-0.25, -0.2) is 5.43 Å². The molecule has 0 radical (unpaired) electrons. The van der Waals surface area contributed by atoms with Crippen molar-refractivity contribution in [3.05, 3.63) is 71.3 Å². The van der Waals surface area contributed by atoms with Gasteiger partial charge in [0.2, 0.25) is 0 Å². The molecule has 0 aliphatic carbocycles. The van der Waals surface area contributed by atoms with Gasteiger partial charge < -0.3 is 0 Å². The van der Waals surface area contributed by atoms with Crippen LogP contribution in [0.25, 0.3) is 0 Å². The lowest BCUT2D eigenvalue weighted by molar-refractivity contribution is 0.0954. The summed E-state index contributed by atoms with van der Waals surface area (Å²) in [4.78, 5) is 12.2. The maximum Gasteiger partial charge on any atom is 0.271 e. The molecule has 1 N–H and O–H groups in total. The first kappa shape index (κ1) is 15.0. The van der Waals surface area contributed by atoms with Crippen LogP contribution in [0.15, 0.2) is 59.7 Å². The third-order valence-corrected chi connectivity index (χ3v) is 3.28. The molecule has 108 valence electrons. The van der Waals surface area contributed by atoms with Gasteiger partial charge in [0.05, 0.1) is 5.71 Å². The van der Waals surface area contributed by atoms with Crippen LogP contribution < -0.4 is 5.43 Å². The van der Waals surface area contributed by atoms with Crippen molar-refractivity contribution in [1.29, 1.82) is 0 Å². The summed E-state index contributed by atoms with van der Waals surface area (Å²) in [6.07, 6.45) is 0. The molecule has 0 atom stereocenters. The number of nitrogens with zero attached hydrogens (tertiary/aromatic N) is 1. The molecule has 0 saturated heterocycles. The minimum Gasteiger partial charge on any atom is -0.267 e. The average Bonchev–Trinajstić information content (AvgIpc) is 2.48. The summed E-state index contributed by atoms with van der Waals surface area (Å²) in [7, 11) is 0. The van der Waals surface area contributed by atoms with Gasteiger partial charge in [-0.1, -0.05) is 62.4 Å². The van der Waals surface area contributed by atoms with Crippen molar-refractivity contribution >= 4 is 11.6 Å². The van der Waals surface area contributed by atoms with E-state index in [1.807, 2.05) is 55.5 Å². The van der Waals surface area contributed by atoms with E-state index in [9.17, 15) is 4.79 Å². The van der Waals surface area contributed by atoms with Crippen LogP contribution >= 0.6 is 0 Å². The van der Waals surface area contributed by atoms with Gasteiger partial charge >= 0.3 is 0 Å². The van der Waals surface area contributed by atoms with E-state index in [1.54, 1.807) is 6.07 Å². The number of rotatable bonds is 4. The molecule has 2 aromatic rings. The van der Waals surface area contributed by atoms with Crippen LogP contribution in [0.1, 0.15) is 35.3 Å². The van der Waals surface area contributed by atoms with Gasteiger partial charge in [0, 0.05) is 5.56 Å². The summed E-state index contributed by atoms with van der Waals surface area (Å²) in [5.74, 6) is 0.0479. The number of carbonyl (C=O) groups is 1. The van der Waals surface area contributed by atoms with E-state index in [-0.39, 0.29) is 11.8 Å². The van der Waals surface area contributed by atoms with Crippen molar-refractivity contribution in [2.24, 2.45) is 11.0 Å². The topological polar surface area (TPSA) is 41.5 Å². The van der Waals surface area contributed by atoms with E-state index < -0.39 is 0 Å².